The Kier molecular flexibility index (Phi) is 7.01. The summed E-state index contributed by atoms with van der Waals surface area (Å²) in [6.45, 7) is 9.46. The number of thioether (sulfide) groups is 1. The molecular formula is C20H27BO6S. The number of carbonyl (C=O) groups excluding carboxylic acids is 2. The minimum Gasteiger partial charge on any atom is -0.496 e. The first kappa shape index (κ1) is 22.5. The normalized spacial score (nSPS) is 18.1. The van der Waals surface area contributed by atoms with E-state index in [0.717, 1.165) is 11.0 Å². The highest BCUT2D eigenvalue weighted by Crippen LogP contribution is 2.39. The molecule has 2 rings (SSSR count). The minimum absolute atomic E-state index is 0.0148. The monoisotopic (exact) mass is 406 g/mol. The fourth-order valence-electron chi connectivity index (χ4n) is 2.65. The molecule has 1 aromatic rings. The Morgan fingerprint density at radius 2 is 1.75 bits per heavy atom. The molecule has 1 fully saturated rings. The Balaban J connectivity index is 2.40. The van der Waals surface area contributed by atoms with Crippen LogP contribution < -0.4 is 4.74 Å². The van der Waals surface area contributed by atoms with E-state index in [1.165, 1.54) is 32.9 Å². The number of rotatable bonds is 6. The van der Waals surface area contributed by atoms with Gasteiger partial charge in [-0.25, -0.2) is 4.79 Å². The van der Waals surface area contributed by atoms with Crippen LogP contribution in [-0.4, -0.2) is 49.4 Å². The van der Waals surface area contributed by atoms with Crippen molar-refractivity contribution in [2.75, 3.05) is 20.0 Å². The van der Waals surface area contributed by atoms with Crippen LogP contribution in [0.1, 0.15) is 50.5 Å². The second-order valence-corrected chi connectivity index (χ2v) is 8.69. The molecule has 0 bridgehead atoms. The predicted molar refractivity (Wildman–Crippen MR) is 112 cm³/mol. The molecule has 6 nitrogen and oxygen atoms in total. The first-order chi connectivity index (χ1) is 13.0. The van der Waals surface area contributed by atoms with Crippen molar-refractivity contribution < 1.29 is 28.4 Å². The molecular weight excluding hydrogens is 379 g/mol. The molecule has 0 spiro atoms. The van der Waals surface area contributed by atoms with Crippen LogP contribution in [0.15, 0.2) is 23.7 Å². The molecule has 0 aromatic heterocycles. The Labute approximate surface area is 171 Å². The third kappa shape index (κ3) is 4.98. The number of hydrogen-bond donors (Lipinski definition) is 0. The van der Waals surface area contributed by atoms with Gasteiger partial charge in [0.15, 0.2) is 5.12 Å². The summed E-state index contributed by atoms with van der Waals surface area (Å²) in [5, 5.41) is 0.0148. The van der Waals surface area contributed by atoms with Gasteiger partial charge in [0.05, 0.1) is 25.4 Å². The lowest BCUT2D eigenvalue weighted by molar-refractivity contribution is -0.109. The smallest absolute Gasteiger partial charge is 0.491 e. The Morgan fingerprint density at radius 1 is 1.14 bits per heavy atom. The SMILES string of the molecule is COC(=O)c1ccc(C=C(CSC(C)=O)B2OC(C)(C)C(C)(C)O2)cc1OC. The van der Waals surface area contributed by atoms with Crippen molar-refractivity contribution in [2.24, 2.45) is 0 Å². The van der Waals surface area contributed by atoms with Gasteiger partial charge in [0, 0.05) is 12.7 Å². The van der Waals surface area contributed by atoms with E-state index in [1.807, 2.05) is 33.8 Å². The highest BCUT2D eigenvalue weighted by Gasteiger charge is 2.52. The van der Waals surface area contributed by atoms with Gasteiger partial charge in [-0.3, -0.25) is 4.79 Å². The maximum atomic E-state index is 11.9. The largest absolute Gasteiger partial charge is 0.496 e. The summed E-state index contributed by atoms with van der Waals surface area (Å²) in [6, 6.07) is 5.19. The summed E-state index contributed by atoms with van der Waals surface area (Å²) in [4.78, 5) is 23.4. The molecule has 28 heavy (non-hydrogen) atoms. The molecule has 1 aliphatic rings. The number of hydrogen-bond acceptors (Lipinski definition) is 7. The molecule has 0 atom stereocenters. The van der Waals surface area contributed by atoms with Crippen LogP contribution in [0, 0.1) is 0 Å². The highest BCUT2D eigenvalue weighted by molar-refractivity contribution is 8.13. The van der Waals surface area contributed by atoms with Crippen molar-refractivity contribution in [3.05, 3.63) is 34.8 Å². The molecule has 152 valence electrons. The van der Waals surface area contributed by atoms with Gasteiger partial charge in [0.25, 0.3) is 0 Å². The summed E-state index contributed by atoms with van der Waals surface area (Å²) in [5.41, 5.74) is 1.01. The van der Waals surface area contributed by atoms with Crippen molar-refractivity contribution in [3.8, 4) is 5.75 Å². The number of esters is 1. The molecule has 0 N–H and O–H groups in total. The van der Waals surface area contributed by atoms with Crippen LogP contribution in [0.3, 0.4) is 0 Å². The van der Waals surface area contributed by atoms with Gasteiger partial charge in [-0.15, -0.1) is 0 Å². The van der Waals surface area contributed by atoms with Gasteiger partial charge in [0.1, 0.15) is 11.3 Å². The fourth-order valence-corrected chi connectivity index (χ4v) is 3.24. The number of carbonyl (C=O) groups is 2. The zero-order chi connectivity index (χ0) is 21.1. The second-order valence-electron chi connectivity index (χ2n) is 7.54. The lowest BCUT2D eigenvalue weighted by atomic mass is 9.78. The molecule has 0 amide bonds. The topological polar surface area (TPSA) is 71.1 Å². The van der Waals surface area contributed by atoms with Gasteiger partial charge < -0.3 is 18.8 Å². The average molecular weight is 406 g/mol. The second kappa shape index (κ2) is 8.72. The quantitative estimate of drug-likeness (QED) is 0.526. The van der Waals surface area contributed by atoms with E-state index in [1.54, 1.807) is 18.2 Å². The van der Waals surface area contributed by atoms with Crippen molar-refractivity contribution in [1.29, 1.82) is 0 Å². The van der Waals surface area contributed by atoms with Gasteiger partial charge in [-0.05, 0) is 50.9 Å². The van der Waals surface area contributed by atoms with E-state index in [9.17, 15) is 9.59 Å². The van der Waals surface area contributed by atoms with Crippen LogP contribution in [0.5, 0.6) is 5.75 Å². The van der Waals surface area contributed by atoms with Crippen molar-refractivity contribution in [3.63, 3.8) is 0 Å². The Hall–Kier alpha value is -1.77. The lowest BCUT2D eigenvalue weighted by Gasteiger charge is -2.32. The standard InChI is InChI=1S/C20H27BO6S/c1-13(22)28-12-15(21-26-19(2,3)20(4,5)27-21)10-14-8-9-16(18(23)25-7)17(11-14)24-6/h8-11H,12H2,1-7H3. The van der Waals surface area contributed by atoms with E-state index in [0.29, 0.717) is 17.1 Å². The van der Waals surface area contributed by atoms with Crippen LogP contribution in [0.2, 0.25) is 0 Å². The van der Waals surface area contributed by atoms with Gasteiger partial charge in [-0.1, -0.05) is 23.9 Å². The molecule has 1 saturated heterocycles. The highest BCUT2D eigenvalue weighted by atomic mass is 32.2. The maximum absolute atomic E-state index is 11.9. The van der Waals surface area contributed by atoms with Crippen LogP contribution in [0.4, 0.5) is 0 Å². The summed E-state index contributed by atoms with van der Waals surface area (Å²) in [5.74, 6) is 0.381. The summed E-state index contributed by atoms with van der Waals surface area (Å²) < 4.78 is 22.4. The van der Waals surface area contributed by atoms with Gasteiger partial charge in [-0.2, -0.15) is 0 Å². The van der Waals surface area contributed by atoms with E-state index < -0.39 is 24.3 Å². The molecule has 8 heteroatoms. The third-order valence-corrected chi connectivity index (χ3v) is 5.87. The molecule has 1 aliphatic heterocycles. The third-order valence-electron chi connectivity index (χ3n) is 4.98. The first-order valence-electron chi connectivity index (χ1n) is 8.96. The Morgan fingerprint density at radius 3 is 2.25 bits per heavy atom. The van der Waals surface area contributed by atoms with Crippen molar-refractivity contribution >= 4 is 36.0 Å². The molecule has 1 heterocycles. The summed E-state index contributed by atoms with van der Waals surface area (Å²) >= 11 is 1.19. The number of benzene rings is 1. The van der Waals surface area contributed by atoms with Crippen molar-refractivity contribution in [1.82, 2.24) is 0 Å². The average Bonchev–Trinajstić information content (AvgIpc) is 2.84. The molecule has 0 unspecified atom stereocenters. The molecule has 1 aromatic carbocycles. The Bertz CT molecular complexity index is 771. The van der Waals surface area contributed by atoms with E-state index in [-0.39, 0.29) is 5.12 Å². The van der Waals surface area contributed by atoms with E-state index >= 15 is 0 Å². The molecule has 0 saturated carbocycles. The lowest BCUT2D eigenvalue weighted by Crippen LogP contribution is -2.41. The minimum atomic E-state index is -0.567. The molecule has 0 aliphatic carbocycles. The van der Waals surface area contributed by atoms with E-state index in [4.69, 9.17) is 18.8 Å². The fraction of sp³-hybridized carbons (Fsp3) is 0.500. The zero-order valence-corrected chi connectivity index (χ0v) is 18.3. The van der Waals surface area contributed by atoms with Crippen molar-refractivity contribution in [2.45, 2.75) is 45.8 Å². The van der Waals surface area contributed by atoms with Crippen LogP contribution in [-0.2, 0) is 18.8 Å². The predicted octanol–water partition coefficient (Wildman–Crippen LogP) is 3.78. The summed E-state index contributed by atoms with van der Waals surface area (Å²) in [6.07, 6.45) is 1.90. The van der Waals surface area contributed by atoms with Crippen LogP contribution in [0.25, 0.3) is 6.08 Å². The maximum Gasteiger partial charge on any atom is 0.491 e. The number of methoxy groups -OCH3 is 2. The zero-order valence-electron chi connectivity index (χ0n) is 17.5. The number of ether oxygens (including phenoxy) is 2. The molecule has 0 radical (unpaired) electrons. The first-order valence-corrected chi connectivity index (χ1v) is 9.95. The van der Waals surface area contributed by atoms with E-state index in [2.05, 4.69) is 0 Å². The summed E-state index contributed by atoms with van der Waals surface area (Å²) in [7, 11) is 2.25. The van der Waals surface area contributed by atoms with Gasteiger partial charge in [0.2, 0.25) is 0 Å². The van der Waals surface area contributed by atoms with Crippen LogP contribution >= 0.6 is 11.8 Å². The van der Waals surface area contributed by atoms with Gasteiger partial charge >= 0.3 is 13.1 Å².